The number of esters is 2. The van der Waals surface area contributed by atoms with Gasteiger partial charge in [-0.15, -0.1) is 22.7 Å². The summed E-state index contributed by atoms with van der Waals surface area (Å²) in [7, 11) is 2.56. The number of fused-ring (bicyclic) bond motifs is 6. The number of ketones is 2. The van der Waals surface area contributed by atoms with Crippen molar-refractivity contribution in [3.63, 3.8) is 0 Å². The Morgan fingerprint density at radius 3 is 1.24 bits per heavy atom. The van der Waals surface area contributed by atoms with Crippen molar-refractivity contribution in [2.75, 3.05) is 14.2 Å². The minimum atomic E-state index is -0.696. The Balaban J connectivity index is 2.05. The zero-order valence-corrected chi connectivity index (χ0v) is 24.8. The molecule has 8 heteroatoms. The Morgan fingerprint density at radius 1 is 0.571 bits per heavy atom. The summed E-state index contributed by atoms with van der Waals surface area (Å²) >= 11 is 2.71. The summed E-state index contributed by atoms with van der Waals surface area (Å²) in [5.41, 5.74) is 2.50. The van der Waals surface area contributed by atoms with Crippen LogP contribution in [-0.2, 0) is 9.47 Å². The number of benzene rings is 4. The molecule has 0 saturated carbocycles. The number of Topliss-reactive ketones (excluding diaryl/α,β-unsaturated/α-hetero) is 2. The monoisotopic (exact) mass is 592 g/mol. The van der Waals surface area contributed by atoms with E-state index in [1.807, 2.05) is 72.8 Å². The van der Waals surface area contributed by atoms with Crippen LogP contribution >= 0.6 is 22.7 Å². The van der Waals surface area contributed by atoms with Crippen LogP contribution in [0.15, 0.2) is 72.8 Å². The van der Waals surface area contributed by atoms with Crippen LogP contribution in [0.25, 0.3) is 53.2 Å². The smallest absolute Gasteiger partial charge is 0.339 e. The highest BCUT2D eigenvalue weighted by Gasteiger charge is 2.33. The van der Waals surface area contributed by atoms with Crippen LogP contribution in [0.4, 0.5) is 0 Å². The molecule has 0 bridgehead atoms. The SMILES string of the molecule is COC(=O)c1c(C(=O)OC)c(-c2ccccc2)c2c3cc(C(C)=O)sc3c3sc(C(C)=O)cc3c2c1-c1ccccc1. The lowest BCUT2D eigenvalue weighted by Gasteiger charge is -2.22. The number of rotatable bonds is 6. The van der Waals surface area contributed by atoms with Gasteiger partial charge in [-0.25, -0.2) is 9.59 Å². The molecule has 0 aliphatic carbocycles. The molecule has 42 heavy (non-hydrogen) atoms. The van der Waals surface area contributed by atoms with E-state index in [1.165, 1.54) is 50.7 Å². The number of carbonyl (C=O) groups is 4. The minimum Gasteiger partial charge on any atom is -0.465 e. The summed E-state index contributed by atoms with van der Waals surface area (Å²) in [6.07, 6.45) is 0. The number of methoxy groups -OCH3 is 2. The second kappa shape index (κ2) is 10.6. The molecule has 0 amide bonds. The summed E-state index contributed by atoms with van der Waals surface area (Å²) in [5.74, 6) is -1.58. The molecule has 0 saturated heterocycles. The first kappa shape index (κ1) is 27.5. The predicted octanol–water partition coefficient (Wildman–Crippen LogP) is 8.58. The summed E-state index contributed by atoms with van der Waals surface area (Å²) in [5, 5.41) is 2.88. The van der Waals surface area contributed by atoms with Crippen molar-refractivity contribution < 1.29 is 28.7 Å². The Morgan fingerprint density at radius 2 is 0.929 bits per heavy atom. The second-order valence-electron chi connectivity index (χ2n) is 9.78. The lowest BCUT2D eigenvalue weighted by Crippen LogP contribution is -2.16. The van der Waals surface area contributed by atoms with Crippen LogP contribution in [0, 0.1) is 0 Å². The van der Waals surface area contributed by atoms with Gasteiger partial charge in [0, 0.05) is 32.7 Å². The molecule has 0 fully saturated rings. The van der Waals surface area contributed by atoms with Gasteiger partial charge in [0.2, 0.25) is 0 Å². The van der Waals surface area contributed by atoms with Gasteiger partial charge in [0.25, 0.3) is 0 Å². The first-order valence-corrected chi connectivity index (χ1v) is 14.7. The summed E-state index contributed by atoms with van der Waals surface area (Å²) in [6.45, 7) is 3.03. The van der Waals surface area contributed by atoms with Crippen LogP contribution in [0.3, 0.4) is 0 Å². The van der Waals surface area contributed by atoms with E-state index >= 15 is 0 Å². The fourth-order valence-electron chi connectivity index (χ4n) is 5.53. The number of hydrogen-bond acceptors (Lipinski definition) is 8. The molecule has 0 atom stereocenters. The van der Waals surface area contributed by atoms with Crippen molar-refractivity contribution in [2.24, 2.45) is 0 Å². The first-order chi connectivity index (χ1) is 20.3. The van der Waals surface area contributed by atoms with Gasteiger partial charge in [0.05, 0.1) is 44.5 Å². The van der Waals surface area contributed by atoms with Gasteiger partial charge in [-0.2, -0.15) is 0 Å². The number of ether oxygens (including phenoxy) is 2. The van der Waals surface area contributed by atoms with E-state index in [9.17, 15) is 19.2 Å². The van der Waals surface area contributed by atoms with E-state index < -0.39 is 11.9 Å². The topological polar surface area (TPSA) is 86.7 Å². The molecule has 0 unspecified atom stereocenters. The molecule has 0 N–H and O–H groups in total. The van der Waals surface area contributed by atoms with Gasteiger partial charge in [-0.1, -0.05) is 60.7 Å². The van der Waals surface area contributed by atoms with Crippen molar-refractivity contribution in [1.82, 2.24) is 0 Å². The van der Waals surface area contributed by atoms with E-state index in [0.717, 1.165) is 20.2 Å². The van der Waals surface area contributed by atoms with E-state index in [4.69, 9.17) is 9.47 Å². The molecule has 0 aliphatic heterocycles. The van der Waals surface area contributed by atoms with Gasteiger partial charge in [0.15, 0.2) is 11.6 Å². The molecular formula is C34H24O6S2. The van der Waals surface area contributed by atoms with Crippen molar-refractivity contribution in [3.05, 3.63) is 93.7 Å². The van der Waals surface area contributed by atoms with Gasteiger partial charge in [0.1, 0.15) is 0 Å². The van der Waals surface area contributed by atoms with Crippen LogP contribution in [-0.4, -0.2) is 37.7 Å². The summed E-state index contributed by atoms with van der Waals surface area (Å²) in [6, 6.07) is 22.3. The molecular weight excluding hydrogens is 569 g/mol. The first-order valence-electron chi connectivity index (χ1n) is 13.1. The maximum Gasteiger partial charge on any atom is 0.339 e. The molecule has 4 aromatic carbocycles. The van der Waals surface area contributed by atoms with Gasteiger partial charge >= 0.3 is 11.9 Å². The maximum atomic E-state index is 13.8. The standard InChI is InChI=1S/C34H24O6S2/c1-17(35)23-15-21-27-25(19-11-7-5-8-12-19)29(33(37)39-3)30(34(38)40-4)26(20-13-9-6-10-14-20)28(27)22-16-24(18(2)36)42-32(22)31(21)41-23/h5-16H,1-4H3. The molecule has 0 radical (unpaired) electrons. The Kier molecular flexibility index (Phi) is 6.96. The van der Waals surface area contributed by atoms with Crippen molar-refractivity contribution >= 4 is 77.1 Å². The van der Waals surface area contributed by atoms with Gasteiger partial charge in [-0.3, -0.25) is 9.59 Å². The quantitative estimate of drug-likeness (QED) is 0.142. The molecule has 208 valence electrons. The van der Waals surface area contributed by atoms with Crippen LogP contribution in [0.1, 0.15) is 53.9 Å². The maximum absolute atomic E-state index is 13.8. The van der Waals surface area contributed by atoms with Crippen LogP contribution in [0.2, 0.25) is 0 Å². The number of thiophene rings is 2. The summed E-state index contributed by atoms with van der Waals surface area (Å²) in [4.78, 5) is 54.0. The molecule has 0 spiro atoms. The second-order valence-corrected chi connectivity index (χ2v) is 11.9. The molecule has 2 heterocycles. The third-order valence-electron chi connectivity index (χ3n) is 7.31. The lowest BCUT2D eigenvalue weighted by molar-refractivity contribution is 0.0557. The fourth-order valence-corrected chi connectivity index (χ4v) is 7.80. The highest BCUT2D eigenvalue weighted by atomic mass is 32.1. The number of carbonyl (C=O) groups excluding carboxylic acids is 4. The van der Waals surface area contributed by atoms with E-state index in [1.54, 1.807) is 0 Å². The van der Waals surface area contributed by atoms with Gasteiger partial charge in [-0.05, 0) is 37.1 Å². The zero-order chi connectivity index (χ0) is 29.7. The van der Waals surface area contributed by atoms with E-state index in [-0.39, 0.29) is 22.7 Å². The number of hydrogen-bond donors (Lipinski definition) is 0. The highest BCUT2D eigenvalue weighted by molar-refractivity contribution is 7.29. The largest absolute Gasteiger partial charge is 0.465 e. The Hall–Kier alpha value is -4.66. The zero-order valence-electron chi connectivity index (χ0n) is 23.2. The fraction of sp³-hybridized carbons (Fsp3) is 0.118. The summed E-state index contributed by atoms with van der Waals surface area (Å²) < 4.78 is 12.3. The average molecular weight is 593 g/mol. The molecule has 6 rings (SSSR count). The van der Waals surface area contributed by atoms with Gasteiger partial charge < -0.3 is 9.47 Å². The third-order valence-corrected chi connectivity index (χ3v) is 9.94. The molecule has 6 nitrogen and oxygen atoms in total. The lowest BCUT2D eigenvalue weighted by atomic mass is 9.81. The highest BCUT2D eigenvalue weighted by Crippen LogP contribution is 2.52. The normalized spacial score (nSPS) is 11.2. The van der Waals surface area contributed by atoms with Crippen molar-refractivity contribution in [3.8, 4) is 22.3 Å². The molecule has 2 aromatic heterocycles. The molecule has 6 aromatic rings. The van der Waals surface area contributed by atoms with Crippen LogP contribution < -0.4 is 0 Å². The van der Waals surface area contributed by atoms with E-state index in [0.29, 0.717) is 42.8 Å². The predicted molar refractivity (Wildman–Crippen MR) is 168 cm³/mol. The Bertz CT molecular complexity index is 1930. The third kappa shape index (κ3) is 4.22. The van der Waals surface area contributed by atoms with E-state index in [2.05, 4.69) is 0 Å². The van der Waals surface area contributed by atoms with Crippen LogP contribution in [0.5, 0.6) is 0 Å². The molecule has 0 aliphatic rings. The van der Waals surface area contributed by atoms with Crippen molar-refractivity contribution in [1.29, 1.82) is 0 Å². The average Bonchev–Trinajstić information content (AvgIpc) is 3.66. The van der Waals surface area contributed by atoms with Crippen molar-refractivity contribution in [2.45, 2.75) is 13.8 Å². The minimum absolute atomic E-state index is 0.0696. The Labute approximate surface area is 249 Å².